The van der Waals surface area contributed by atoms with Crippen LogP contribution in [0.4, 0.5) is 0 Å². The Morgan fingerprint density at radius 1 is 1.20 bits per heavy atom. The van der Waals surface area contributed by atoms with Crippen LogP contribution in [0.1, 0.15) is 13.8 Å². The van der Waals surface area contributed by atoms with Gasteiger partial charge in [0, 0.05) is 14.2 Å². The van der Waals surface area contributed by atoms with Crippen LogP contribution in [0.5, 0.6) is 0 Å². The molecule has 0 atom stereocenters. The zero-order chi connectivity index (χ0) is 8.20. The molecule has 0 saturated carbocycles. The normalized spacial score (nSPS) is 11.3. The quantitative estimate of drug-likeness (QED) is 0.587. The van der Waals surface area contributed by atoms with Gasteiger partial charge < -0.3 is 8.85 Å². The molecule has 0 unspecified atom stereocenters. The van der Waals surface area contributed by atoms with E-state index in [4.69, 9.17) is 8.85 Å². The van der Waals surface area contributed by atoms with Gasteiger partial charge in [-0.2, -0.15) is 0 Å². The first kappa shape index (κ1) is 9.88. The Bertz CT molecular complexity index is 124. The average molecular weight is 160 g/mol. The van der Waals surface area contributed by atoms with Crippen molar-refractivity contribution in [1.29, 1.82) is 0 Å². The van der Waals surface area contributed by atoms with Gasteiger partial charge in [0.1, 0.15) is 0 Å². The highest BCUT2D eigenvalue weighted by Crippen LogP contribution is 2.08. The van der Waals surface area contributed by atoms with Crippen molar-refractivity contribution in [2.45, 2.75) is 20.4 Å². The minimum absolute atomic E-state index is 1.25. The van der Waals surface area contributed by atoms with Crippen LogP contribution in [-0.2, 0) is 8.85 Å². The van der Waals surface area contributed by atoms with E-state index in [0.717, 1.165) is 0 Å². The molecule has 0 aromatic carbocycles. The fourth-order valence-electron chi connectivity index (χ4n) is 0.726. The van der Waals surface area contributed by atoms with Crippen molar-refractivity contribution < 1.29 is 8.85 Å². The first-order valence-electron chi connectivity index (χ1n) is 3.30. The molecule has 0 radical (unpaired) electrons. The van der Waals surface area contributed by atoms with Crippen molar-refractivity contribution in [1.82, 2.24) is 0 Å². The molecule has 0 fully saturated rings. The van der Waals surface area contributed by atoms with E-state index in [9.17, 15) is 0 Å². The van der Waals surface area contributed by atoms with Gasteiger partial charge in [0.2, 0.25) is 0 Å². The molecule has 0 saturated heterocycles. The Morgan fingerprint density at radius 2 is 1.60 bits per heavy atom. The van der Waals surface area contributed by atoms with Gasteiger partial charge in [0.05, 0.1) is 0 Å². The number of rotatable bonds is 3. The predicted octanol–water partition coefficient (Wildman–Crippen LogP) is 1.86. The van der Waals surface area contributed by atoms with Gasteiger partial charge in [0.15, 0.2) is 0 Å². The Kier molecular flexibility index (Phi) is 3.86. The smallest absolute Gasteiger partial charge is 0.361 e. The molecule has 2 nitrogen and oxygen atoms in total. The highest BCUT2D eigenvalue weighted by atomic mass is 28.4. The van der Waals surface area contributed by atoms with Gasteiger partial charge in [0.25, 0.3) is 0 Å². The summed E-state index contributed by atoms with van der Waals surface area (Å²) in [6.45, 7) is 6.10. The van der Waals surface area contributed by atoms with E-state index >= 15 is 0 Å². The maximum Gasteiger partial charge on any atom is 0.361 e. The Hall–Kier alpha value is -0.123. The van der Waals surface area contributed by atoms with Gasteiger partial charge in [-0.25, -0.2) is 0 Å². The third-order valence-electron chi connectivity index (χ3n) is 1.36. The third kappa shape index (κ3) is 3.15. The van der Waals surface area contributed by atoms with Gasteiger partial charge in [-0.3, -0.25) is 0 Å². The summed E-state index contributed by atoms with van der Waals surface area (Å²) < 4.78 is 10.5. The molecule has 0 aromatic rings. The second-order valence-electron chi connectivity index (χ2n) is 2.65. The SMILES string of the molecule is CO[Si](C)(C=C(C)C)OC. The van der Waals surface area contributed by atoms with E-state index in [1.807, 2.05) is 20.4 Å². The van der Waals surface area contributed by atoms with Crippen LogP contribution in [0.2, 0.25) is 6.55 Å². The molecule has 0 N–H and O–H groups in total. The van der Waals surface area contributed by atoms with E-state index in [0.29, 0.717) is 0 Å². The zero-order valence-corrected chi connectivity index (χ0v) is 8.39. The maximum absolute atomic E-state index is 5.24. The van der Waals surface area contributed by atoms with E-state index < -0.39 is 8.56 Å². The first-order valence-corrected chi connectivity index (χ1v) is 5.70. The van der Waals surface area contributed by atoms with Crippen molar-refractivity contribution >= 4 is 8.56 Å². The van der Waals surface area contributed by atoms with Crippen LogP contribution in [0.3, 0.4) is 0 Å². The lowest BCUT2D eigenvalue weighted by Gasteiger charge is -2.18. The third-order valence-corrected chi connectivity index (χ3v) is 4.08. The summed E-state index contributed by atoms with van der Waals surface area (Å²) in [6, 6.07) is 0. The van der Waals surface area contributed by atoms with E-state index in [1.54, 1.807) is 14.2 Å². The van der Waals surface area contributed by atoms with E-state index in [1.165, 1.54) is 5.57 Å². The molecule has 0 aromatic heterocycles. The summed E-state index contributed by atoms with van der Waals surface area (Å²) in [5.74, 6) is 0. The van der Waals surface area contributed by atoms with E-state index in [-0.39, 0.29) is 0 Å². The Morgan fingerprint density at radius 3 is 1.70 bits per heavy atom. The summed E-state index contributed by atoms with van der Waals surface area (Å²) in [5.41, 5.74) is 3.32. The molecule has 0 bridgehead atoms. The minimum Gasteiger partial charge on any atom is -0.395 e. The predicted molar refractivity (Wildman–Crippen MR) is 45.1 cm³/mol. The Balaban J connectivity index is 4.20. The molecule has 0 aliphatic heterocycles. The number of allylic oxidation sites excluding steroid dienone is 1. The fraction of sp³-hybridized carbons (Fsp3) is 0.714. The highest BCUT2D eigenvalue weighted by Gasteiger charge is 2.24. The van der Waals surface area contributed by atoms with Crippen LogP contribution < -0.4 is 0 Å². The standard InChI is InChI=1S/C7H16O2Si/c1-7(2)6-10(5,8-3)9-4/h6H,1-5H3. The summed E-state index contributed by atoms with van der Waals surface area (Å²) in [4.78, 5) is 0. The average Bonchev–Trinajstić information content (AvgIpc) is 1.87. The van der Waals surface area contributed by atoms with Crippen LogP contribution in [0, 0.1) is 0 Å². The van der Waals surface area contributed by atoms with Crippen LogP contribution in [0.25, 0.3) is 0 Å². The molecular weight excluding hydrogens is 144 g/mol. The first-order chi connectivity index (χ1) is 4.54. The number of hydrogen-bond acceptors (Lipinski definition) is 2. The summed E-state index contributed by atoms with van der Waals surface area (Å²) >= 11 is 0. The maximum atomic E-state index is 5.24. The van der Waals surface area contributed by atoms with Crippen LogP contribution in [-0.4, -0.2) is 22.8 Å². The molecule has 10 heavy (non-hydrogen) atoms. The topological polar surface area (TPSA) is 18.5 Å². The summed E-state index contributed by atoms with van der Waals surface area (Å²) in [5, 5.41) is 0. The van der Waals surface area contributed by atoms with Crippen molar-refractivity contribution in [2.75, 3.05) is 14.2 Å². The lowest BCUT2D eigenvalue weighted by molar-refractivity contribution is 0.263. The molecular formula is C7H16O2Si. The molecule has 0 heterocycles. The molecule has 0 amide bonds. The second-order valence-corrected chi connectivity index (χ2v) is 5.78. The van der Waals surface area contributed by atoms with Crippen molar-refractivity contribution in [3.63, 3.8) is 0 Å². The van der Waals surface area contributed by atoms with Crippen molar-refractivity contribution in [3.05, 3.63) is 11.3 Å². The van der Waals surface area contributed by atoms with Gasteiger partial charge in [-0.1, -0.05) is 5.57 Å². The summed E-state index contributed by atoms with van der Waals surface area (Å²) in [6.07, 6.45) is 0. The molecule has 0 aliphatic carbocycles. The summed E-state index contributed by atoms with van der Waals surface area (Å²) in [7, 11) is 1.46. The fourth-order valence-corrected chi connectivity index (χ4v) is 2.18. The highest BCUT2D eigenvalue weighted by molar-refractivity contribution is 6.71. The zero-order valence-electron chi connectivity index (χ0n) is 7.39. The van der Waals surface area contributed by atoms with Gasteiger partial charge in [-0.15, -0.1) is 0 Å². The van der Waals surface area contributed by atoms with Crippen LogP contribution >= 0.6 is 0 Å². The minimum atomic E-state index is -1.92. The molecule has 0 rings (SSSR count). The Labute approximate surface area is 64.1 Å². The molecule has 0 spiro atoms. The van der Waals surface area contributed by atoms with Crippen LogP contribution in [0.15, 0.2) is 11.3 Å². The lowest BCUT2D eigenvalue weighted by atomic mass is 10.4. The molecule has 60 valence electrons. The van der Waals surface area contributed by atoms with Gasteiger partial charge >= 0.3 is 8.56 Å². The van der Waals surface area contributed by atoms with E-state index in [2.05, 4.69) is 5.70 Å². The monoisotopic (exact) mass is 160 g/mol. The molecule has 0 aliphatic rings. The lowest BCUT2D eigenvalue weighted by Crippen LogP contribution is -2.34. The van der Waals surface area contributed by atoms with Crippen molar-refractivity contribution in [3.8, 4) is 0 Å². The van der Waals surface area contributed by atoms with Crippen molar-refractivity contribution in [2.24, 2.45) is 0 Å². The second kappa shape index (κ2) is 3.90. The largest absolute Gasteiger partial charge is 0.395 e. The number of hydrogen-bond donors (Lipinski definition) is 0. The molecule has 3 heteroatoms. The van der Waals surface area contributed by atoms with Gasteiger partial charge in [-0.05, 0) is 26.1 Å².